The number of esters is 1. The zero-order valence-corrected chi connectivity index (χ0v) is 19.7. The number of aromatic nitrogens is 4. The normalized spacial score (nSPS) is 12.9. The molecule has 2 heterocycles. The maximum Gasteiger partial charge on any atom is 0.323 e. The number of anilines is 1. The molecule has 4 N–H and O–H groups in total. The van der Waals surface area contributed by atoms with Crippen LogP contribution in [0.25, 0.3) is 11.2 Å². The number of hydrogen-bond acceptors (Lipinski definition) is 10. The van der Waals surface area contributed by atoms with Gasteiger partial charge in [-0.25, -0.2) is 4.98 Å². The lowest BCUT2D eigenvalue weighted by atomic mass is 10.2. The van der Waals surface area contributed by atoms with E-state index in [1.54, 1.807) is 30.5 Å². The first-order valence-electron chi connectivity index (χ1n) is 10.5. The molecule has 0 amide bonds. The second-order valence-corrected chi connectivity index (χ2v) is 8.69. The van der Waals surface area contributed by atoms with Crippen molar-refractivity contribution < 1.29 is 18.8 Å². The smallest absolute Gasteiger partial charge is 0.323 e. The van der Waals surface area contributed by atoms with Gasteiger partial charge in [0.15, 0.2) is 11.2 Å². The molecule has 34 heavy (non-hydrogen) atoms. The molecule has 0 saturated heterocycles. The molecule has 0 bridgehead atoms. The van der Waals surface area contributed by atoms with Crippen molar-refractivity contribution in [1.29, 1.82) is 5.26 Å². The fourth-order valence-corrected chi connectivity index (χ4v) is 4.28. The molecule has 2 atom stereocenters. The van der Waals surface area contributed by atoms with Gasteiger partial charge in [0.05, 0.1) is 37.8 Å². The molecule has 13 heteroatoms. The molecule has 0 spiro atoms. The minimum Gasteiger partial charge on any atom is -0.465 e. The summed E-state index contributed by atoms with van der Waals surface area (Å²) in [6.07, 6.45) is 1.71. The Hall–Kier alpha value is -3.36. The van der Waals surface area contributed by atoms with E-state index in [4.69, 9.17) is 25.0 Å². The summed E-state index contributed by atoms with van der Waals surface area (Å²) >= 11 is 0. The largest absolute Gasteiger partial charge is 0.465 e. The third-order valence-electron chi connectivity index (χ3n) is 4.63. The van der Waals surface area contributed by atoms with Gasteiger partial charge < -0.3 is 24.3 Å². The predicted molar refractivity (Wildman–Crippen MR) is 125 cm³/mol. The Morgan fingerprint density at radius 1 is 1.38 bits per heavy atom. The van der Waals surface area contributed by atoms with E-state index in [1.807, 2.05) is 12.1 Å². The quantitative estimate of drug-likeness (QED) is 0.194. The highest BCUT2D eigenvalue weighted by atomic mass is 31.2. The van der Waals surface area contributed by atoms with Gasteiger partial charge in [-0.2, -0.15) is 10.2 Å². The number of fused-ring (bicyclic) bond motifs is 1. The molecule has 0 aliphatic carbocycles. The monoisotopic (exact) mass is 487 g/mol. The van der Waals surface area contributed by atoms with Gasteiger partial charge in [-0.1, -0.05) is 12.1 Å². The Morgan fingerprint density at radius 3 is 2.85 bits per heavy atom. The van der Waals surface area contributed by atoms with Crippen LogP contribution in [0.3, 0.4) is 0 Å². The fraction of sp³-hybridized carbons (Fsp3) is 0.381. The van der Waals surface area contributed by atoms with Crippen LogP contribution in [0.2, 0.25) is 0 Å². The first-order valence-corrected chi connectivity index (χ1v) is 12.0. The Bertz CT molecular complexity index is 1200. The highest BCUT2D eigenvalue weighted by Crippen LogP contribution is 2.34. The summed E-state index contributed by atoms with van der Waals surface area (Å²) < 4.78 is 18.5. The van der Waals surface area contributed by atoms with Crippen LogP contribution in [0.15, 0.2) is 35.4 Å². The number of nitrogens with one attached hydrogen (secondary N) is 2. The summed E-state index contributed by atoms with van der Waals surface area (Å²) in [4.78, 5) is 34.5. The number of nitrogen functional groups attached to an aromatic ring is 1. The van der Waals surface area contributed by atoms with Crippen molar-refractivity contribution >= 4 is 31.4 Å². The minimum absolute atomic E-state index is 0.0112. The van der Waals surface area contributed by atoms with Gasteiger partial charge in [0, 0.05) is 6.54 Å². The van der Waals surface area contributed by atoms with Crippen molar-refractivity contribution in [3.63, 3.8) is 0 Å². The molecule has 3 rings (SSSR count). The summed E-state index contributed by atoms with van der Waals surface area (Å²) in [5.41, 5.74) is 7.24. The van der Waals surface area contributed by atoms with Crippen LogP contribution in [0.1, 0.15) is 25.0 Å². The zero-order chi connectivity index (χ0) is 24.5. The molecule has 12 nitrogen and oxygen atoms in total. The summed E-state index contributed by atoms with van der Waals surface area (Å²) in [5.74, 6) is -0.368. The first kappa shape index (κ1) is 25.3. The number of ether oxygens (including phenoxy) is 2. The molecule has 3 aromatic rings. The lowest BCUT2D eigenvalue weighted by Gasteiger charge is -2.22. The van der Waals surface area contributed by atoms with Gasteiger partial charge in [0.25, 0.3) is 5.56 Å². The third-order valence-corrected chi connectivity index (χ3v) is 6.16. The van der Waals surface area contributed by atoms with Gasteiger partial charge in [0.1, 0.15) is 20.7 Å². The molecule has 1 aromatic carbocycles. The second kappa shape index (κ2) is 12.2. The topological polar surface area (TPSA) is 170 Å². The Kier molecular flexibility index (Phi) is 9.07. The van der Waals surface area contributed by atoms with Crippen molar-refractivity contribution in [2.45, 2.75) is 33.0 Å². The maximum atomic E-state index is 12.0. The Balaban J connectivity index is 1.58. The fourth-order valence-electron chi connectivity index (χ4n) is 2.92. The Morgan fingerprint density at radius 2 is 2.15 bits per heavy atom. The van der Waals surface area contributed by atoms with Crippen LogP contribution in [0, 0.1) is 11.3 Å². The van der Waals surface area contributed by atoms with E-state index in [1.165, 1.54) is 6.33 Å². The average Bonchev–Trinajstić information content (AvgIpc) is 3.23. The van der Waals surface area contributed by atoms with E-state index in [2.05, 4.69) is 26.1 Å². The van der Waals surface area contributed by atoms with Crippen molar-refractivity contribution in [3.05, 3.63) is 52.1 Å². The second-order valence-electron chi connectivity index (χ2n) is 7.16. The molecule has 0 fully saturated rings. The number of rotatable bonds is 12. The molecule has 0 aliphatic heterocycles. The molecular formula is C21H26N7O5P. The number of H-pyrrole nitrogens is 1. The van der Waals surface area contributed by atoms with Crippen LogP contribution in [0.5, 0.6) is 0 Å². The van der Waals surface area contributed by atoms with Gasteiger partial charge in [-0.15, -0.1) is 0 Å². The van der Waals surface area contributed by atoms with Crippen LogP contribution >= 0.6 is 8.30 Å². The van der Waals surface area contributed by atoms with Crippen molar-refractivity contribution in [1.82, 2.24) is 24.6 Å². The van der Waals surface area contributed by atoms with E-state index < -0.39 is 19.9 Å². The highest BCUT2D eigenvalue weighted by molar-refractivity contribution is 7.50. The van der Waals surface area contributed by atoms with Crippen molar-refractivity contribution in [2.24, 2.45) is 0 Å². The molecule has 2 aromatic heterocycles. The van der Waals surface area contributed by atoms with Crippen molar-refractivity contribution in [3.8, 4) is 6.07 Å². The number of nitrogens with zero attached hydrogens (tertiary/aromatic N) is 4. The number of imidazole rings is 1. The van der Waals surface area contributed by atoms with Gasteiger partial charge in [-0.05, 0) is 31.5 Å². The number of benzene rings is 1. The first-order chi connectivity index (χ1) is 16.4. The summed E-state index contributed by atoms with van der Waals surface area (Å²) in [6, 6.07) is 8.55. The predicted octanol–water partition coefficient (Wildman–Crippen LogP) is 1.62. The molecule has 0 radical (unpaired) electrons. The standard InChI is InChI=1S/C21H26N7O5P/c1-3-32-20(30)14(2)27-34(33-11-16-6-4-15(10-22)5-7-16)13-31-9-8-28-12-24-17-18(28)25-21(23)26-19(17)29/h4-7,12,14,27H,3,8-9,11,13H2,1-2H3,(H3,23,25,26,29)/t14-,34?/m0/s1. The van der Waals surface area contributed by atoms with Gasteiger partial charge >= 0.3 is 5.97 Å². The van der Waals surface area contributed by atoms with Crippen LogP contribution in [-0.2, 0) is 31.9 Å². The number of hydrogen-bond donors (Lipinski definition) is 3. The van der Waals surface area contributed by atoms with E-state index >= 15 is 0 Å². The molecule has 0 saturated carbocycles. The number of carbonyl (C=O) groups is 1. The van der Waals surface area contributed by atoms with Gasteiger partial charge in [-0.3, -0.25) is 19.7 Å². The number of aromatic amines is 1. The average molecular weight is 487 g/mol. The summed E-state index contributed by atoms with van der Waals surface area (Å²) in [5, 5.41) is 12.1. The summed E-state index contributed by atoms with van der Waals surface area (Å²) in [6.45, 7) is 4.68. The maximum absolute atomic E-state index is 12.0. The molecule has 0 aliphatic rings. The minimum atomic E-state index is -1.35. The van der Waals surface area contributed by atoms with Crippen LogP contribution < -0.4 is 16.4 Å². The van der Waals surface area contributed by atoms with Crippen LogP contribution in [0.4, 0.5) is 5.95 Å². The number of nitrogens with two attached hydrogens (primary N) is 1. The van der Waals surface area contributed by atoms with E-state index in [-0.39, 0.29) is 43.6 Å². The molecular weight excluding hydrogens is 461 g/mol. The highest BCUT2D eigenvalue weighted by Gasteiger charge is 2.20. The zero-order valence-electron chi connectivity index (χ0n) is 18.9. The molecule has 180 valence electrons. The Labute approximate surface area is 196 Å². The number of nitriles is 1. The SMILES string of the molecule is CCOC(=O)[C@H](C)NP(COCCn1cnc2c(=O)[nH]c(N)nc21)OCc1ccc(C#N)cc1. The number of carbonyl (C=O) groups excluding carboxylic acids is 1. The summed E-state index contributed by atoms with van der Waals surface area (Å²) in [7, 11) is -1.35. The molecule has 1 unspecified atom stereocenters. The van der Waals surface area contributed by atoms with Gasteiger partial charge in [0.2, 0.25) is 5.95 Å². The third kappa shape index (κ3) is 6.82. The lowest BCUT2D eigenvalue weighted by molar-refractivity contribution is -0.144. The van der Waals surface area contributed by atoms with E-state index in [9.17, 15) is 9.59 Å². The van der Waals surface area contributed by atoms with Crippen LogP contribution in [-0.4, -0.2) is 51.1 Å². The van der Waals surface area contributed by atoms with Crippen molar-refractivity contribution in [2.75, 3.05) is 25.3 Å². The van der Waals surface area contributed by atoms with E-state index in [0.717, 1.165) is 5.56 Å². The lowest BCUT2D eigenvalue weighted by Crippen LogP contribution is -2.33. The van der Waals surface area contributed by atoms with E-state index in [0.29, 0.717) is 17.8 Å².